The summed E-state index contributed by atoms with van der Waals surface area (Å²) in [6, 6.07) is 15.1. The monoisotopic (exact) mass is 275 g/mol. The Hall–Kier alpha value is -3.27. The highest BCUT2D eigenvalue weighted by molar-refractivity contribution is 5.94. The molecule has 7 nitrogen and oxygen atoms in total. The molecule has 1 heterocycles. The van der Waals surface area contributed by atoms with Crippen molar-refractivity contribution in [2.75, 3.05) is 0 Å². The van der Waals surface area contributed by atoms with Crippen molar-refractivity contribution in [3.05, 3.63) is 75.0 Å². The fourth-order valence-corrected chi connectivity index (χ4v) is 2.29. The Bertz CT molecular complexity index is 903. The van der Waals surface area contributed by atoms with Crippen LogP contribution in [0.2, 0.25) is 0 Å². The summed E-state index contributed by atoms with van der Waals surface area (Å²) in [7, 11) is 0. The lowest BCUT2D eigenvalue weighted by atomic mass is 10.0. The average Bonchev–Trinajstić information content (AvgIpc) is 2.52. The number of nitrogens with zero attached hydrogens (tertiary/aromatic N) is 7. The highest BCUT2D eigenvalue weighted by Crippen LogP contribution is 2.29. The molecular weight excluding hydrogens is 266 g/mol. The van der Waals surface area contributed by atoms with Crippen molar-refractivity contribution in [3.63, 3.8) is 0 Å². The standard InChI is InChI=1S/C14H9N7/c15-20-18-14(19-21-16)10-5-3-7-13-11(10)8-9-4-1-2-6-12(9)17-13/h1-8,14H. The maximum atomic E-state index is 8.63. The van der Waals surface area contributed by atoms with Gasteiger partial charge in [0.15, 0.2) is 0 Å². The number of benzene rings is 2. The van der Waals surface area contributed by atoms with Crippen LogP contribution in [0, 0.1) is 0 Å². The van der Waals surface area contributed by atoms with Crippen LogP contribution >= 0.6 is 0 Å². The van der Waals surface area contributed by atoms with Gasteiger partial charge in [-0.3, -0.25) is 0 Å². The molecule has 0 saturated carbocycles. The van der Waals surface area contributed by atoms with Crippen molar-refractivity contribution < 1.29 is 0 Å². The molecule has 3 aromatic rings. The molecule has 0 spiro atoms. The predicted molar refractivity (Wildman–Crippen MR) is 80.3 cm³/mol. The SMILES string of the molecule is [N-]=[N+]=NC(N=[N+]=[N-])c1cccc2nc3ccccc3cc12. The summed E-state index contributed by atoms with van der Waals surface area (Å²) >= 11 is 0. The van der Waals surface area contributed by atoms with Gasteiger partial charge >= 0.3 is 0 Å². The number of azide groups is 1. The third kappa shape index (κ3) is 2.30. The molecule has 0 aliphatic heterocycles. The quantitative estimate of drug-likeness (QED) is 0.284. The molecule has 0 atom stereocenters. The van der Waals surface area contributed by atoms with E-state index >= 15 is 0 Å². The molecule has 1 aromatic heterocycles. The fraction of sp³-hybridized carbons (Fsp3) is 0.0714. The van der Waals surface area contributed by atoms with E-state index < -0.39 is 6.17 Å². The number of hydrogen-bond acceptors (Lipinski definition) is 3. The predicted octanol–water partition coefficient (Wildman–Crippen LogP) is 5.01. The first kappa shape index (κ1) is 12.7. The molecule has 0 bridgehead atoms. The van der Waals surface area contributed by atoms with Crippen LogP contribution in [0.15, 0.2) is 58.8 Å². The first-order valence-corrected chi connectivity index (χ1v) is 6.20. The summed E-state index contributed by atoms with van der Waals surface area (Å²) in [5.74, 6) is 0. The van der Waals surface area contributed by atoms with E-state index in [9.17, 15) is 0 Å². The molecule has 2 aromatic carbocycles. The lowest BCUT2D eigenvalue weighted by Gasteiger charge is -2.10. The first-order valence-electron chi connectivity index (χ1n) is 6.20. The van der Waals surface area contributed by atoms with Crippen LogP contribution in [-0.4, -0.2) is 4.98 Å². The molecule has 0 unspecified atom stereocenters. The number of aromatic nitrogens is 1. The van der Waals surface area contributed by atoms with E-state index in [0.29, 0.717) is 5.56 Å². The third-order valence-electron chi connectivity index (χ3n) is 3.19. The van der Waals surface area contributed by atoms with Crippen LogP contribution in [0.1, 0.15) is 11.7 Å². The van der Waals surface area contributed by atoms with Crippen molar-refractivity contribution in [3.8, 4) is 0 Å². The van der Waals surface area contributed by atoms with Gasteiger partial charge in [-0.2, -0.15) is 0 Å². The van der Waals surface area contributed by atoms with Gasteiger partial charge in [0.25, 0.3) is 0 Å². The molecule has 0 radical (unpaired) electrons. The molecule has 0 aliphatic carbocycles. The van der Waals surface area contributed by atoms with Crippen LogP contribution in [0.3, 0.4) is 0 Å². The van der Waals surface area contributed by atoms with E-state index in [1.54, 1.807) is 12.1 Å². The van der Waals surface area contributed by atoms with Crippen LogP contribution in [0.25, 0.3) is 42.7 Å². The normalized spacial score (nSPS) is 11.6. The van der Waals surface area contributed by atoms with Gasteiger partial charge in [0.1, 0.15) is 6.17 Å². The molecule has 0 saturated heterocycles. The molecule has 0 fully saturated rings. The molecule has 3 rings (SSSR count). The van der Waals surface area contributed by atoms with E-state index in [0.717, 1.165) is 21.8 Å². The summed E-state index contributed by atoms with van der Waals surface area (Å²) in [5.41, 5.74) is 19.5. The van der Waals surface area contributed by atoms with E-state index in [2.05, 4.69) is 25.0 Å². The number of pyridine rings is 1. The minimum absolute atomic E-state index is 0.640. The van der Waals surface area contributed by atoms with Gasteiger partial charge in [-0.1, -0.05) is 40.6 Å². The Balaban J connectivity index is 2.34. The van der Waals surface area contributed by atoms with Crippen molar-refractivity contribution in [1.29, 1.82) is 0 Å². The van der Waals surface area contributed by atoms with Gasteiger partial charge in [0.05, 0.1) is 11.0 Å². The van der Waals surface area contributed by atoms with Crippen LogP contribution in [0.5, 0.6) is 0 Å². The Morgan fingerprint density at radius 1 is 0.905 bits per heavy atom. The number of fused-ring (bicyclic) bond motifs is 2. The van der Waals surface area contributed by atoms with Gasteiger partial charge in [0.2, 0.25) is 0 Å². The van der Waals surface area contributed by atoms with Crippen LogP contribution in [0.4, 0.5) is 0 Å². The number of hydrogen-bond donors (Lipinski definition) is 0. The number of rotatable bonds is 3. The largest absolute Gasteiger partial charge is 0.248 e. The van der Waals surface area contributed by atoms with E-state index in [1.165, 1.54) is 0 Å². The zero-order chi connectivity index (χ0) is 14.7. The van der Waals surface area contributed by atoms with E-state index in [-0.39, 0.29) is 0 Å². The fourth-order valence-electron chi connectivity index (χ4n) is 2.29. The summed E-state index contributed by atoms with van der Waals surface area (Å²) in [4.78, 5) is 10.1. The van der Waals surface area contributed by atoms with E-state index in [1.807, 2.05) is 36.4 Å². The third-order valence-corrected chi connectivity index (χ3v) is 3.19. The Kier molecular flexibility index (Phi) is 3.27. The molecule has 0 aliphatic rings. The average molecular weight is 275 g/mol. The maximum absolute atomic E-state index is 8.63. The molecule has 100 valence electrons. The molecule has 21 heavy (non-hydrogen) atoms. The lowest BCUT2D eigenvalue weighted by molar-refractivity contribution is 0.763. The van der Waals surface area contributed by atoms with Gasteiger partial charge < -0.3 is 0 Å². The smallest absolute Gasteiger partial charge is 0.141 e. The second-order valence-corrected chi connectivity index (χ2v) is 4.38. The minimum atomic E-state index is -0.924. The highest BCUT2D eigenvalue weighted by atomic mass is 15.3. The summed E-state index contributed by atoms with van der Waals surface area (Å²) in [5, 5.41) is 8.87. The second-order valence-electron chi connectivity index (χ2n) is 4.38. The Labute approximate surface area is 119 Å². The zero-order valence-electron chi connectivity index (χ0n) is 10.8. The van der Waals surface area contributed by atoms with Crippen molar-refractivity contribution in [2.45, 2.75) is 6.17 Å². The first-order chi connectivity index (χ1) is 10.3. The maximum Gasteiger partial charge on any atom is 0.141 e. The van der Waals surface area contributed by atoms with Crippen LogP contribution < -0.4 is 0 Å². The summed E-state index contributed by atoms with van der Waals surface area (Å²) in [6.07, 6.45) is -0.924. The lowest BCUT2D eigenvalue weighted by Crippen LogP contribution is -1.93. The molecule has 0 N–H and O–H groups in total. The van der Waals surface area contributed by atoms with Crippen LogP contribution in [-0.2, 0) is 0 Å². The zero-order valence-corrected chi connectivity index (χ0v) is 10.8. The topological polar surface area (TPSA) is 110 Å². The molecular formula is C14H9N7. The van der Waals surface area contributed by atoms with Crippen molar-refractivity contribution in [1.82, 2.24) is 4.98 Å². The highest BCUT2D eigenvalue weighted by Gasteiger charge is 2.12. The van der Waals surface area contributed by atoms with Crippen molar-refractivity contribution in [2.24, 2.45) is 10.2 Å². The van der Waals surface area contributed by atoms with E-state index in [4.69, 9.17) is 11.1 Å². The minimum Gasteiger partial charge on any atom is -0.248 e. The Morgan fingerprint density at radius 3 is 2.38 bits per heavy atom. The second kappa shape index (κ2) is 5.38. The van der Waals surface area contributed by atoms with Gasteiger partial charge in [-0.25, -0.2) is 4.98 Å². The molecule has 0 amide bonds. The van der Waals surface area contributed by atoms with Gasteiger partial charge in [0, 0.05) is 20.6 Å². The number of para-hydroxylation sites is 1. The van der Waals surface area contributed by atoms with Crippen molar-refractivity contribution >= 4 is 21.8 Å². The molecule has 7 heteroatoms. The summed E-state index contributed by atoms with van der Waals surface area (Å²) < 4.78 is 0. The Morgan fingerprint density at radius 2 is 1.62 bits per heavy atom. The van der Waals surface area contributed by atoms with Gasteiger partial charge in [-0.05, 0) is 34.8 Å². The van der Waals surface area contributed by atoms with Gasteiger partial charge in [-0.15, -0.1) is 0 Å². The summed E-state index contributed by atoms with van der Waals surface area (Å²) in [6.45, 7) is 0.